The number of imide groups is 2. The normalized spacial score (nSPS) is 27.8. The van der Waals surface area contributed by atoms with Gasteiger partial charge < -0.3 is 14.9 Å². The number of benzene rings is 3. The summed E-state index contributed by atoms with van der Waals surface area (Å²) in [6, 6.07) is 20.6. The number of halogens is 1. The molecule has 2 N–H and O–H groups in total. The fourth-order valence-corrected chi connectivity index (χ4v) is 8.78. The van der Waals surface area contributed by atoms with Crippen molar-refractivity contribution in [3.05, 3.63) is 101 Å². The first-order chi connectivity index (χ1) is 23.1. The number of nitrogens with zero attached hydrogens (tertiary/aromatic N) is 2. The lowest BCUT2D eigenvalue weighted by Crippen LogP contribution is -2.53. The summed E-state index contributed by atoms with van der Waals surface area (Å²) in [6.07, 6.45) is 1.88. The predicted octanol–water partition coefficient (Wildman–Crippen LogP) is 5.08. The number of carboxylic acids is 1. The van der Waals surface area contributed by atoms with Gasteiger partial charge in [-0.2, -0.15) is 0 Å². The van der Waals surface area contributed by atoms with Crippen LogP contribution in [0.5, 0.6) is 11.5 Å². The molecule has 3 aromatic rings. The highest BCUT2D eigenvalue weighted by Gasteiger charge is 2.70. The third-order valence-corrected chi connectivity index (χ3v) is 10.7. The number of allylic oxidation sites excluding steroid dienone is 2. The van der Waals surface area contributed by atoms with Crippen LogP contribution in [0.15, 0.2) is 84.4 Å². The number of anilines is 1. The molecule has 6 unspecified atom stereocenters. The highest BCUT2D eigenvalue weighted by Crippen LogP contribution is 2.64. The van der Waals surface area contributed by atoms with Crippen molar-refractivity contribution in [2.75, 3.05) is 18.1 Å². The molecule has 3 aromatic carbocycles. The SMILES string of the molecule is CCOc1cc(C2C3=CCC4C(=O)N(CCC(=O)O)C(=O)C4C3CC3C(=O)N(c4cccc(Cl)c4)C(=O)C32c2ccccc2)ccc1O. The maximum Gasteiger partial charge on any atom is 0.305 e. The van der Waals surface area contributed by atoms with Crippen LogP contribution in [0.4, 0.5) is 5.69 Å². The lowest BCUT2D eigenvalue weighted by molar-refractivity contribution is -0.142. The molecule has 2 saturated heterocycles. The largest absolute Gasteiger partial charge is 0.504 e. The number of hydrogen-bond donors (Lipinski definition) is 2. The fraction of sp³-hybridized carbons (Fsp3) is 0.324. The Kier molecular flexibility index (Phi) is 7.86. The number of likely N-dealkylation sites (tertiary alicyclic amines) is 1. The van der Waals surface area contributed by atoms with Gasteiger partial charge in [-0.25, -0.2) is 4.90 Å². The molecule has 0 aromatic heterocycles. The van der Waals surface area contributed by atoms with E-state index in [0.29, 0.717) is 21.8 Å². The molecule has 2 aliphatic carbocycles. The highest BCUT2D eigenvalue weighted by atomic mass is 35.5. The van der Waals surface area contributed by atoms with Crippen molar-refractivity contribution >= 4 is 46.9 Å². The molecule has 0 radical (unpaired) electrons. The molecule has 6 atom stereocenters. The van der Waals surface area contributed by atoms with Crippen molar-refractivity contribution in [3.8, 4) is 11.5 Å². The summed E-state index contributed by atoms with van der Waals surface area (Å²) in [5.41, 5.74) is 0.828. The predicted molar refractivity (Wildman–Crippen MR) is 174 cm³/mol. The van der Waals surface area contributed by atoms with Crippen molar-refractivity contribution in [1.29, 1.82) is 0 Å². The molecule has 4 aliphatic rings. The Morgan fingerprint density at radius 2 is 1.73 bits per heavy atom. The third kappa shape index (κ3) is 4.64. The topological polar surface area (TPSA) is 142 Å². The van der Waals surface area contributed by atoms with E-state index >= 15 is 4.79 Å². The molecular formula is C37H33ClN2O8. The Balaban J connectivity index is 1.46. The van der Waals surface area contributed by atoms with Gasteiger partial charge >= 0.3 is 5.97 Å². The standard InChI is InChI=1S/C37H33ClN2O8/c1-2-48-29-17-20(11-14-28(29)41)32-24-12-13-25-31(35(46)39(33(25)44)16-15-30(42)43)26(24)19-27-34(45)40(23-10-6-9-22(38)18-23)36(47)37(27,32)21-7-4-3-5-8-21/h3-12,14,17-18,25-27,31-32,41H,2,13,15-16,19H2,1H3,(H,42,43). The number of amides is 4. The van der Waals surface area contributed by atoms with E-state index in [0.717, 1.165) is 10.5 Å². The van der Waals surface area contributed by atoms with Gasteiger partial charge in [0, 0.05) is 17.5 Å². The summed E-state index contributed by atoms with van der Waals surface area (Å²) in [7, 11) is 0. The van der Waals surface area contributed by atoms with E-state index < -0.39 is 64.6 Å². The average Bonchev–Trinajstić information content (AvgIpc) is 3.45. The number of carbonyl (C=O) groups excluding carboxylic acids is 4. The number of phenols is 1. The van der Waals surface area contributed by atoms with E-state index in [1.165, 1.54) is 11.0 Å². The Morgan fingerprint density at radius 1 is 0.958 bits per heavy atom. The van der Waals surface area contributed by atoms with E-state index in [1.54, 1.807) is 43.3 Å². The lowest BCUT2D eigenvalue weighted by atomic mass is 9.49. The molecule has 246 valence electrons. The van der Waals surface area contributed by atoms with Gasteiger partial charge in [-0.15, -0.1) is 0 Å². The van der Waals surface area contributed by atoms with Crippen LogP contribution >= 0.6 is 11.6 Å². The molecule has 2 heterocycles. The van der Waals surface area contributed by atoms with Gasteiger partial charge in [-0.1, -0.05) is 65.7 Å². The quantitative estimate of drug-likeness (QED) is 0.250. The molecule has 2 aliphatic heterocycles. The van der Waals surface area contributed by atoms with Gasteiger partial charge in [0.1, 0.15) is 0 Å². The van der Waals surface area contributed by atoms with Crippen molar-refractivity contribution in [3.63, 3.8) is 0 Å². The van der Waals surface area contributed by atoms with Gasteiger partial charge in [0.2, 0.25) is 23.6 Å². The minimum atomic E-state index is -1.47. The van der Waals surface area contributed by atoms with Gasteiger partial charge in [-0.05, 0) is 67.1 Å². The zero-order valence-corrected chi connectivity index (χ0v) is 26.8. The van der Waals surface area contributed by atoms with Crippen LogP contribution in [0.3, 0.4) is 0 Å². The molecule has 11 heteroatoms. The van der Waals surface area contributed by atoms with E-state index in [1.807, 2.05) is 36.4 Å². The molecule has 0 bridgehead atoms. The lowest BCUT2D eigenvalue weighted by Gasteiger charge is -2.50. The number of aromatic hydroxyl groups is 1. The van der Waals surface area contributed by atoms with Gasteiger partial charge in [0.05, 0.1) is 41.9 Å². The van der Waals surface area contributed by atoms with Crippen LogP contribution < -0.4 is 9.64 Å². The maximum atomic E-state index is 15.2. The molecule has 48 heavy (non-hydrogen) atoms. The molecule has 7 rings (SSSR count). The number of hydrogen-bond acceptors (Lipinski definition) is 7. The monoisotopic (exact) mass is 668 g/mol. The minimum absolute atomic E-state index is 0.0871. The van der Waals surface area contributed by atoms with E-state index in [4.69, 9.17) is 16.3 Å². The summed E-state index contributed by atoms with van der Waals surface area (Å²) in [6.45, 7) is 1.82. The van der Waals surface area contributed by atoms with Crippen LogP contribution in [0.1, 0.15) is 43.2 Å². The Hall–Kier alpha value is -4.96. The molecule has 10 nitrogen and oxygen atoms in total. The number of carbonyl (C=O) groups is 5. The summed E-state index contributed by atoms with van der Waals surface area (Å²) in [5, 5.41) is 20.3. The van der Waals surface area contributed by atoms with Gasteiger partial charge in [0.25, 0.3) is 0 Å². The number of rotatable bonds is 8. The second kappa shape index (κ2) is 11.9. The van der Waals surface area contributed by atoms with E-state index in [2.05, 4.69) is 0 Å². The first-order valence-electron chi connectivity index (χ1n) is 16.0. The summed E-state index contributed by atoms with van der Waals surface area (Å²) in [4.78, 5) is 71.1. The Bertz CT molecular complexity index is 1890. The zero-order chi connectivity index (χ0) is 33.9. The number of aliphatic carboxylic acids is 1. The number of fused-ring (bicyclic) bond motifs is 4. The minimum Gasteiger partial charge on any atom is -0.504 e. The average molecular weight is 669 g/mol. The van der Waals surface area contributed by atoms with Crippen molar-refractivity contribution < 1.29 is 38.9 Å². The molecule has 0 spiro atoms. The summed E-state index contributed by atoms with van der Waals surface area (Å²) < 4.78 is 5.77. The van der Waals surface area contributed by atoms with Crippen molar-refractivity contribution in [2.45, 2.75) is 37.5 Å². The first-order valence-corrected chi connectivity index (χ1v) is 16.4. The van der Waals surface area contributed by atoms with Crippen LogP contribution in [-0.4, -0.2) is 57.9 Å². The number of ether oxygens (including phenoxy) is 1. The molecule has 1 saturated carbocycles. The third-order valence-electron chi connectivity index (χ3n) is 10.4. The molecule has 3 fully saturated rings. The van der Waals surface area contributed by atoms with Crippen LogP contribution in [0, 0.1) is 23.7 Å². The van der Waals surface area contributed by atoms with E-state index in [-0.39, 0.29) is 43.9 Å². The number of carboxylic acid groups (broad SMARTS) is 1. The second-order valence-electron chi connectivity index (χ2n) is 12.7. The maximum absolute atomic E-state index is 15.2. The van der Waals surface area contributed by atoms with E-state index in [9.17, 15) is 29.4 Å². The summed E-state index contributed by atoms with van der Waals surface area (Å²) >= 11 is 6.35. The molecule has 4 amide bonds. The highest BCUT2D eigenvalue weighted by molar-refractivity contribution is 6.32. The van der Waals surface area contributed by atoms with Crippen LogP contribution in [0.25, 0.3) is 0 Å². The Labute approximate surface area is 281 Å². The van der Waals surface area contributed by atoms with Gasteiger partial charge in [-0.3, -0.25) is 28.9 Å². The summed E-state index contributed by atoms with van der Waals surface area (Å²) in [5.74, 6) is -6.63. The van der Waals surface area contributed by atoms with Crippen LogP contribution in [0.2, 0.25) is 5.02 Å². The van der Waals surface area contributed by atoms with Crippen LogP contribution in [-0.2, 0) is 29.4 Å². The zero-order valence-electron chi connectivity index (χ0n) is 26.0. The molecular weight excluding hydrogens is 636 g/mol. The smallest absolute Gasteiger partial charge is 0.305 e. The second-order valence-corrected chi connectivity index (χ2v) is 13.2. The fourth-order valence-electron chi connectivity index (χ4n) is 8.59. The Morgan fingerprint density at radius 3 is 2.44 bits per heavy atom. The number of phenolic OH excluding ortho intramolecular Hbond substituents is 1. The van der Waals surface area contributed by atoms with Crippen molar-refractivity contribution in [2.24, 2.45) is 23.7 Å². The van der Waals surface area contributed by atoms with Gasteiger partial charge in [0.15, 0.2) is 11.5 Å². The first kappa shape index (κ1) is 31.6. The van der Waals surface area contributed by atoms with Crippen molar-refractivity contribution in [1.82, 2.24) is 4.90 Å².